The maximum atomic E-state index is 11.2. The number of fused-ring (bicyclic) bond motifs is 4. The maximum absolute atomic E-state index is 11.2. The predicted molar refractivity (Wildman–Crippen MR) is 128 cm³/mol. The second kappa shape index (κ2) is 11.1. The molecule has 2 aliphatic heterocycles. The van der Waals surface area contributed by atoms with E-state index in [0.29, 0.717) is 26.2 Å². The summed E-state index contributed by atoms with van der Waals surface area (Å²) in [6, 6.07) is 12.0. The molecule has 0 saturated carbocycles. The number of hydrogen-bond acceptors (Lipinski definition) is 5. The van der Waals surface area contributed by atoms with E-state index in [-0.39, 0.29) is 27.2 Å². The van der Waals surface area contributed by atoms with Gasteiger partial charge in [-0.25, -0.2) is 0 Å². The summed E-state index contributed by atoms with van der Waals surface area (Å²) in [5, 5.41) is 8.20. The van der Waals surface area contributed by atoms with Crippen LogP contribution in [0.4, 0.5) is 0 Å². The molecule has 0 atom stereocenters. The van der Waals surface area contributed by atoms with Gasteiger partial charge in [0, 0.05) is 20.9 Å². The van der Waals surface area contributed by atoms with Gasteiger partial charge in [0.25, 0.3) is 0 Å². The first kappa shape index (κ1) is 25.4. The van der Waals surface area contributed by atoms with Gasteiger partial charge in [0.2, 0.25) is 0 Å². The summed E-state index contributed by atoms with van der Waals surface area (Å²) in [5.41, 5.74) is 4.43. The van der Waals surface area contributed by atoms with Crippen molar-refractivity contribution in [3.63, 3.8) is 0 Å². The van der Waals surface area contributed by atoms with Crippen LogP contribution in [0.5, 0.6) is 0 Å². The number of Topliss-reactive ketones (excluding diaryl/α,β-unsaturated/α-hetero) is 1. The molecule has 0 fully saturated rings. The van der Waals surface area contributed by atoms with E-state index in [1.165, 1.54) is 0 Å². The predicted octanol–water partition coefficient (Wildman–Crippen LogP) is 5.73. The Bertz CT molecular complexity index is 1070. The summed E-state index contributed by atoms with van der Waals surface area (Å²) in [7, 11) is 0. The Hall–Kier alpha value is -1.87. The van der Waals surface area contributed by atoms with Gasteiger partial charge in [0.15, 0.2) is 11.6 Å². The molecular weight excluding hydrogens is 526 g/mol. The van der Waals surface area contributed by atoms with Crippen LogP contribution < -0.4 is 0 Å². The minimum atomic E-state index is 0. The smallest absolute Gasteiger partial charge is 0.163 e. The monoisotopic (exact) mass is 551 g/mol. The summed E-state index contributed by atoms with van der Waals surface area (Å²) in [5.74, 6) is 1.89. The third kappa shape index (κ3) is 5.49. The van der Waals surface area contributed by atoms with Gasteiger partial charge in [0.1, 0.15) is 19.0 Å². The number of aryl methyl sites for hydroxylation is 1. The lowest BCUT2D eigenvalue weighted by atomic mass is 10.0. The zero-order valence-corrected chi connectivity index (χ0v) is 19.0. The van der Waals surface area contributed by atoms with Crippen molar-refractivity contribution in [2.24, 2.45) is 0 Å². The average molecular weight is 553 g/mol. The quantitative estimate of drug-likeness (QED) is 0.356. The van der Waals surface area contributed by atoms with Crippen LogP contribution in [-0.4, -0.2) is 27.2 Å². The number of halogens is 2. The molecule has 2 aliphatic rings. The Kier molecular flexibility index (Phi) is 9.12. The molecular formula is C23H27Br2N3O3. The van der Waals surface area contributed by atoms with Gasteiger partial charge in [-0.05, 0) is 36.2 Å². The SMILES string of the molecule is C.C.Cc1nnc2n1-c1cccc(Br)c1COC2.O=C1COCc2c(Br)cccc2C1. The normalized spacial score (nSPS) is 14.2. The van der Waals surface area contributed by atoms with E-state index < -0.39 is 0 Å². The van der Waals surface area contributed by atoms with Gasteiger partial charge >= 0.3 is 0 Å². The topological polar surface area (TPSA) is 66.2 Å². The summed E-state index contributed by atoms with van der Waals surface area (Å²) in [6.07, 6.45) is 0.495. The van der Waals surface area contributed by atoms with Crippen molar-refractivity contribution < 1.29 is 14.3 Å². The van der Waals surface area contributed by atoms with Gasteiger partial charge in [-0.15, -0.1) is 10.2 Å². The highest BCUT2D eigenvalue weighted by molar-refractivity contribution is 9.10. The van der Waals surface area contributed by atoms with E-state index in [1.807, 2.05) is 41.8 Å². The minimum absolute atomic E-state index is 0. The number of ether oxygens (including phenoxy) is 2. The van der Waals surface area contributed by atoms with Crippen LogP contribution in [0.2, 0.25) is 0 Å². The van der Waals surface area contributed by atoms with E-state index in [1.54, 1.807) is 0 Å². The second-order valence-electron chi connectivity index (χ2n) is 6.81. The Morgan fingerprint density at radius 1 is 0.871 bits per heavy atom. The Morgan fingerprint density at radius 2 is 1.52 bits per heavy atom. The van der Waals surface area contributed by atoms with Crippen molar-refractivity contribution in [2.45, 2.75) is 48.0 Å². The zero-order chi connectivity index (χ0) is 20.4. The number of ketones is 1. The molecule has 0 aliphatic carbocycles. The van der Waals surface area contributed by atoms with Crippen LogP contribution >= 0.6 is 31.9 Å². The summed E-state index contributed by atoms with van der Waals surface area (Å²) in [4.78, 5) is 11.2. The largest absolute Gasteiger partial charge is 0.369 e. The van der Waals surface area contributed by atoms with Crippen LogP contribution in [-0.2, 0) is 40.5 Å². The lowest BCUT2D eigenvalue weighted by Gasteiger charge is -2.10. The van der Waals surface area contributed by atoms with E-state index in [0.717, 1.165) is 43.0 Å². The first-order chi connectivity index (χ1) is 14.0. The molecule has 5 rings (SSSR count). The summed E-state index contributed by atoms with van der Waals surface area (Å²) < 4.78 is 15.0. The summed E-state index contributed by atoms with van der Waals surface area (Å²) in [6.45, 7) is 3.82. The first-order valence-electron chi connectivity index (χ1n) is 9.16. The van der Waals surface area contributed by atoms with Crippen LogP contribution in [0.15, 0.2) is 45.3 Å². The van der Waals surface area contributed by atoms with Crippen molar-refractivity contribution in [2.75, 3.05) is 6.61 Å². The summed E-state index contributed by atoms with van der Waals surface area (Å²) >= 11 is 6.99. The van der Waals surface area contributed by atoms with Crippen molar-refractivity contribution in [3.05, 3.63) is 73.7 Å². The van der Waals surface area contributed by atoms with Crippen molar-refractivity contribution in [3.8, 4) is 5.69 Å². The molecule has 0 spiro atoms. The molecule has 0 N–H and O–H groups in total. The third-order valence-corrected chi connectivity index (χ3v) is 6.30. The second-order valence-corrected chi connectivity index (χ2v) is 8.52. The third-order valence-electron chi connectivity index (χ3n) is 4.82. The number of rotatable bonds is 0. The standard InChI is InChI=1S/C11H10BrN3O.C10H9BrO2.2CH4/c1-7-13-14-11-6-16-5-8-9(12)3-2-4-10(8)15(7)11;11-10-3-1-2-7-4-8(12)5-13-6-9(7)10;;/h2-4H,5-6H2,1H3;1-3H,4-6H2;2*1H4. The molecule has 3 heterocycles. The molecule has 3 aromatic rings. The van der Waals surface area contributed by atoms with Gasteiger partial charge in [-0.2, -0.15) is 0 Å². The maximum Gasteiger partial charge on any atom is 0.163 e. The fraction of sp³-hybridized carbons (Fsp3) is 0.348. The van der Waals surface area contributed by atoms with Crippen LogP contribution in [0.1, 0.15) is 43.2 Å². The molecule has 0 amide bonds. The molecule has 1 aromatic heterocycles. The number of carbonyl (C=O) groups excluding carboxylic acids is 1. The molecule has 0 radical (unpaired) electrons. The van der Waals surface area contributed by atoms with Gasteiger partial charge in [-0.1, -0.05) is 64.9 Å². The molecule has 8 heteroatoms. The fourth-order valence-corrected chi connectivity index (χ4v) is 4.41. The van der Waals surface area contributed by atoms with Gasteiger partial charge < -0.3 is 9.47 Å². The number of benzene rings is 2. The Balaban J connectivity index is 0.000000211. The van der Waals surface area contributed by atoms with Crippen LogP contribution in [0.3, 0.4) is 0 Å². The Labute approximate surface area is 200 Å². The zero-order valence-electron chi connectivity index (χ0n) is 15.8. The fourth-order valence-electron chi connectivity index (χ4n) is 3.42. The van der Waals surface area contributed by atoms with E-state index in [2.05, 4.69) is 48.1 Å². The molecule has 0 bridgehead atoms. The van der Waals surface area contributed by atoms with Crippen molar-refractivity contribution in [1.29, 1.82) is 0 Å². The highest BCUT2D eigenvalue weighted by Gasteiger charge is 2.19. The van der Waals surface area contributed by atoms with E-state index >= 15 is 0 Å². The molecule has 166 valence electrons. The van der Waals surface area contributed by atoms with Crippen molar-refractivity contribution in [1.82, 2.24) is 14.8 Å². The molecule has 6 nitrogen and oxygen atoms in total. The number of aromatic nitrogens is 3. The van der Waals surface area contributed by atoms with E-state index in [9.17, 15) is 4.79 Å². The lowest BCUT2D eigenvalue weighted by molar-refractivity contribution is -0.122. The highest BCUT2D eigenvalue weighted by Crippen LogP contribution is 2.29. The molecule has 0 unspecified atom stereocenters. The number of carbonyl (C=O) groups is 1. The van der Waals surface area contributed by atoms with Crippen LogP contribution in [0.25, 0.3) is 5.69 Å². The Morgan fingerprint density at radius 3 is 2.29 bits per heavy atom. The first-order valence-corrected chi connectivity index (χ1v) is 10.8. The van der Waals surface area contributed by atoms with Gasteiger partial charge in [0.05, 0.1) is 18.9 Å². The molecule has 0 saturated heterocycles. The number of hydrogen-bond donors (Lipinski definition) is 0. The number of nitrogens with zero attached hydrogens (tertiary/aromatic N) is 3. The minimum Gasteiger partial charge on any atom is -0.369 e. The average Bonchev–Trinajstić information content (AvgIpc) is 2.85. The molecule has 31 heavy (non-hydrogen) atoms. The lowest BCUT2D eigenvalue weighted by Crippen LogP contribution is -2.06. The molecule has 2 aromatic carbocycles. The van der Waals surface area contributed by atoms with Crippen molar-refractivity contribution >= 4 is 37.6 Å². The van der Waals surface area contributed by atoms with Crippen LogP contribution in [0, 0.1) is 6.92 Å². The van der Waals surface area contributed by atoms with E-state index in [4.69, 9.17) is 9.47 Å². The van der Waals surface area contributed by atoms with Gasteiger partial charge in [-0.3, -0.25) is 9.36 Å². The highest BCUT2D eigenvalue weighted by atomic mass is 79.9.